The van der Waals surface area contributed by atoms with Crippen LogP contribution >= 0.6 is 0 Å². The zero-order valence-electron chi connectivity index (χ0n) is 7.09. The van der Waals surface area contributed by atoms with Gasteiger partial charge in [-0.1, -0.05) is 12.1 Å². The van der Waals surface area contributed by atoms with Crippen LogP contribution in [-0.4, -0.2) is 16.6 Å². The molecule has 0 saturated heterocycles. The lowest BCUT2D eigenvalue weighted by Crippen LogP contribution is -2.20. The summed E-state index contributed by atoms with van der Waals surface area (Å²) in [7, 11) is 0. The van der Waals surface area contributed by atoms with Crippen molar-refractivity contribution >= 4 is 0 Å². The smallest absolute Gasteiger partial charge is 0.157 e. The fourth-order valence-electron chi connectivity index (χ4n) is 0.452. The summed E-state index contributed by atoms with van der Waals surface area (Å²) in [5.41, 5.74) is 1.90. The molecule has 5 heteroatoms. The Balaban J connectivity index is 0.000000223. The van der Waals surface area contributed by atoms with Crippen LogP contribution in [-0.2, 0) is 0 Å². The minimum atomic E-state index is -0.609. The Kier molecular flexibility index (Phi) is 6.99. The van der Waals surface area contributed by atoms with Gasteiger partial charge in [-0.2, -0.15) is 0 Å². The Bertz CT molecular complexity index is 212. The number of hydrogen-bond donors (Lipinski definition) is 1. The summed E-state index contributed by atoms with van der Waals surface area (Å²) in [4.78, 5) is 13.2. The van der Waals surface area contributed by atoms with Crippen LogP contribution in [0.3, 0.4) is 0 Å². The molecule has 13 heavy (non-hydrogen) atoms. The first-order valence-corrected chi connectivity index (χ1v) is 3.61. The van der Waals surface area contributed by atoms with E-state index in [0.717, 1.165) is 0 Å². The lowest BCUT2D eigenvalue weighted by molar-refractivity contribution is -0.542. The third-order valence-electron chi connectivity index (χ3n) is 0.931. The Morgan fingerprint density at radius 1 is 1.46 bits per heavy atom. The molecule has 0 aliphatic carbocycles. The molecule has 1 aromatic rings. The Morgan fingerprint density at radius 3 is 2.23 bits per heavy atom. The average Bonchev–Trinajstić information content (AvgIpc) is 2.18. The molecule has 0 bridgehead atoms. The van der Waals surface area contributed by atoms with Gasteiger partial charge in [0.25, 0.3) is 0 Å². The highest BCUT2D eigenvalue weighted by Crippen LogP contribution is 1.73. The maximum atomic E-state index is 9.40. The van der Waals surface area contributed by atoms with Gasteiger partial charge in [0.2, 0.25) is 0 Å². The molecule has 1 rings (SSSR count). The highest BCUT2D eigenvalue weighted by Gasteiger charge is 1.83. The summed E-state index contributed by atoms with van der Waals surface area (Å²) >= 11 is 0. The quantitative estimate of drug-likeness (QED) is 0.429. The van der Waals surface area contributed by atoms with Crippen LogP contribution in [0.4, 0.5) is 0 Å². The maximum Gasteiger partial charge on any atom is 0.157 e. The van der Waals surface area contributed by atoms with E-state index < -0.39 is 5.03 Å². The van der Waals surface area contributed by atoms with E-state index in [9.17, 15) is 10.1 Å². The molecule has 0 amide bonds. The molecule has 70 valence electrons. The molecule has 0 aliphatic rings. The molecular weight excluding hydrogens is 170 g/mol. The van der Waals surface area contributed by atoms with E-state index in [1.54, 1.807) is 12.4 Å². The van der Waals surface area contributed by atoms with Crippen molar-refractivity contribution in [2.75, 3.05) is 6.54 Å². The number of rotatable bonds is 3. The van der Waals surface area contributed by atoms with E-state index in [4.69, 9.17) is 0 Å². The molecule has 0 unspecified atom stereocenters. The first-order chi connectivity index (χ1) is 6.27. The number of nitrogens with zero attached hydrogens (tertiary/aromatic N) is 2. The minimum Gasteiger partial charge on any atom is -0.265 e. The zero-order chi connectivity index (χ0) is 9.94. The van der Waals surface area contributed by atoms with Gasteiger partial charge in [0.05, 0.1) is 6.54 Å². The molecule has 1 N–H and O–H groups in total. The van der Waals surface area contributed by atoms with Gasteiger partial charge in [0.1, 0.15) is 0 Å². The molecule has 1 heterocycles. The van der Waals surface area contributed by atoms with Crippen molar-refractivity contribution in [3.8, 4) is 0 Å². The normalized spacial score (nSPS) is 7.69. The largest absolute Gasteiger partial charge is 0.265 e. The lowest BCUT2D eigenvalue weighted by atomic mass is 10.5. The summed E-state index contributed by atoms with van der Waals surface area (Å²) < 4.78 is 0. The van der Waals surface area contributed by atoms with Crippen molar-refractivity contribution in [1.82, 2.24) is 10.4 Å². The van der Waals surface area contributed by atoms with Gasteiger partial charge in [-0.05, 0) is 12.1 Å². The van der Waals surface area contributed by atoms with E-state index in [0.29, 0.717) is 0 Å². The lowest BCUT2D eigenvalue weighted by Gasteiger charge is -1.85. The van der Waals surface area contributed by atoms with Crippen LogP contribution < -0.4 is 5.43 Å². The summed E-state index contributed by atoms with van der Waals surface area (Å²) in [6.07, 6.45) is 4.92. The second kappa shape index (κ2) is 8.19. The fraction of sp³-hybridized carbons (Fsp3) is 0.125. The molecule has 0 aliphatic heterocycles. The molecule has 1 aromatic heterocycles. The van der Waals surface area contributed by atoms with Crippen LogP contribution in [0, 0.1) is 10.1 Å². The van der Waals surface area contributed by atoms with Crippen molar-refractivity contribution in [2.45, 2.75) is 0 Å². The van der Waals surface area contributed by atoms with E-state index in [2.05, 4.69) is 11.6 Å². The van der Waals surface area contributed by atoms with Crippen molar-refractivity contribution in [1.29, 1.82) is 0 Å². The van der Waals surface area contributed by atoms with Crippen LogP contribution in [0.1, 0.15) is 0 Å². The van der Waals surface area contributed by atoms with E-state index in [1.807, 2.05) is 23.6 Å². The molecule has 0 saturated carbocycles. The first-order valence-electron chi connectivity index (χ1n) is 3.61. The average molecular weight is 181 g/mol. The van der Waals surface area contributed by atoms with Gasteiger partial charge in [-0.25, -0.2) is 10.1 Å². The maximum absolute atomic E-state index is 9.40. The van der Waals surface area contributed by atoms with E-state index in [1.165, 1.54) is 6.08 Å². The fourth-order valence-corrected chi connectivity index (χ4v) is 0.452. The summed E-state index contributed by atoms with van der Waals surface area (Å²) in [5, 5.41) is 8.80. The second-order valence-electron chi connectivity index (χ2n) is 1.93. The van der Waals surface area contributed by atoms with Gasteiger partial charge < -0.3 is 0 Å². The highest BCUT2D eigenvalue weighted by molar-refractivity contribution is 4.88. The van der Waals surface area contributed by atoms with Crippen molar-refractivity contribution in [3.63, 3.8) is 0 Å². The standard InChI is InChI=1S/C5H5N.C3H6N2O2/c1-2-4-6-5-3-1;1-2-3-4-5(6)7/h1-5H;2,4H,1,3H2. The monoisotopic (exact) mass is 181 g/mol. The number of aromatic nitrogens is 1. The third kappa shape index (κ3) is 10.1. The topological polar surface area (TPSA) is 68.1 Å². The summed E-state index contributed by atoms with van der Waals surface area (Å²) in [5.74, 6) is 0. The van der Waals surface area contributed by atoms with Gasteiger partial charge in [-0.15, -0.1) is 12.0 Å². The Morgan fingerprint density at radius 2 is 2.08 bits per heavy atom. The van der Waals surface area contributed by atoms with Crippen LogP contribution in [0.5, 0.6) is 0 Å². The third-order valence-corrected chi connectivity index (χ3v) is 0.931. The summed E-state index contributed by atoms with van der Waals surface area (Å²) in [6, 6.07) is 5.72. The second-order valence-corrected chi connectivity index (χ2v) is 1.93. The Hall–Kier alpha value is -1.91. The highest BCUT2D eigenvalue weighted by atomic mass is 16.7. The van der Waals surface area contributed by atoms with Crippen LogP contribution in [0.2, 0.25) is 0 Å². The van der Waals surface area contributed by atoms with Gasteiger partial charge >= 0.3 is 0 Å². The van der Waals surface area contributed by atoms with Crippen molar-refractivity contribution in [2.24, 2.45) is 0 Å². The molecule has 0 aromatic carbocycles. The number of nitrogens with one attached hydrogen (secondary N) is 1. The molecule has 0 fully saturated rings. The van der Waals surface area contributed by atoms with E-state index in [-0.39, 0.29) is 6.54 Å². The Labute approximate surface area is 76.2 Å². The van der Waals surface area contributed by atoms with E-state index >= 15 is 0 Å². The molecule has 0 atom stereocenters. The molecular formula is C8H11N3O2. The van der Waals surface area contributed by atoms with Crippen LogP contribution in [0.15, 0.2) is 43.2 Å². The minimum absolute atomic E-state index is 0.215. The molecule has 0 spiro atoms. The van der Waals surface area contributed by atoms with Gasteiger partial charge in [0.15, 0.2) is 5.03 Å². The van der Waals surface area contributed by atoms with Gasteiger partial charge in [-0.3, -0.25) is 4.98 Å². The SMILES string of the molecule is C=CCN[N+](=O)[O-].c1ccncc1. The number of nitro groups is 1. The van der Waals surface area contributed by atoms with Crippen molar-refractivity contribution in [3.05, 3.63) is 53.4 Å². The number of hydrazine groups is 1. The number of hydrogen-bond acceptors (Lipinski definition) is 3. The van der Waals surface area contributed by atoms with Crippen LogP contribution in [0.25, 0.3) is 0 Å². The molecule has 5 nitrogen and oxygen atoms in total. The molecule has 0 radical (unpaired) electrons. The predicted octanol–water partition coefficient (Wildman–Crippen LogP) is 1.04. The van der Waals surface area contributed by atoms with Gasteiger partial charge in [0, 0.05) is 12.4 Å². The number of pyridine rings is 1. The zero-order valence-corrected chi connectivity index (χ0v) is 7.09. The first kappa shape index (κ1) is 11.1. The summed E-state index contributed by atoms with van der Waals surface area (Å²) in [6.45, 7) is 3.48. The van der Waals surface area contributed by atoms with Crippen molar-refractivity contribution < 1.29 is 5.03 Å². The predicted molar refractivity (Wildman–Crippen MR) is 49.4 cm³/mol.